The van der Waals surface area contributed by atoms with Gasteiger partial charge in [-0.2, -0.15) is 0 Å². The van der Waals surface area contributed by atoms with Crippen molar-refractivity contribution in [1.29, 1.82) is 0 Å². The number of carbonyl (C=O) groups is 2. The fourth-order valence-corrected chi connectivity index (χ4v) is 3.02. The largest absolute Gasteiger partial charge is 0.383 e. The minimum atomic E-state index is -0.297. The molecule has 0 atom stereocenters. The smallest absolute Gasteiger partial charge is 0.278 e. The Morgan fingerprint density at radius 1 is 0.962 bits per heavy atom. The van der Waals surface area contributed by atoms with Crippen molar-refractivity contribution in [2.75, 3.05) is 32.2 Å². The average Bonchev–Trinajstić information content (AvgIpc) is 2.91. The van der Waals surface area contributed by atoms with Gasteiger partial charge in [0.25, 0.3) is 11.8 Å². The van der Waals surface area contributed by atoms with Crippen molar-refractivity contribution in [1.82, 2.24) is 4.90 Å². The molecule has 1 aliphatic heterocycles. The van der Waals surface area contributed by atoms with E-state index in [1.807, 2.05) is 68.6 Å². The quantitative estimate of drug-likeness (QED) is 0.752. The van der Waals surface area contributed by atoms with Crippen molar-refractivity contribution in [2.24, 2.45) is 0 Å². The Kier molecular flexibility index (Phi) is 5.19. The lowest BCUT2D eigenvalue weighted by molar-refractivity contribution is -0.137. The zero-order valence-corrected chi connectivity index (χ0v) is 15.2. The summed E-state index contributed by atoms with van der Waals surface area (Å²) in [6.45, 7) is 2.53. The topological polar surface area (TPSA) is 49.9 Å². The summed E-state index contributed by atoms with van der Waals surface area (Å²) in [6.07, 6.45) is 0. The van der Waals surface area contributed by atoms with Crippen LogP contribution in [0.2, 0.25) is 0 Å². The first-order chi connectivity index (χ1) is 12.5. The summed E-state index contributed by atoms with van der Waals surface area (Å²) in [5.41, 5.74) is 3.51. The van der Waals surface area contributed by atoms with Gasteiger partial charge in [0.1, 0.15) is 5.70 Å². The van der Waals surface area contributed by atoms with Crippen LogP contribution in [0.5, 0.6) is 0 Å². The van der Waals surface area contributed by atoms with Gasteiger partial charge in [-0.15, -0.1) is 0 Å². The van der Waals surface area contributed by atoms with Crippen LogP contribution in [0.1, 0.15) is 11.1 Å². The number of carbonyl (C=O) groups excluding carboxylic acids is 2. The molecule has 2 amide bonds. The summed E-state index contributed by atoms with van der Waals surface area (Å²) in [5.74, 6) is -0.581. The predicted molar refractivity (Wildman–Crippen MR) is 102 cm³/mol. The van der Waals surface area contributed by atoms with Crippen molar-refractivity contribution in [3.63, 3.8) is 0 Å². The van der Waals surface area contributed by atoms with Gasteiger partial charge < -0.3 is 9.64 Å². The Morgan fingerprint density at radius 3 is 2.23 bits per heavy atom. The SMILES string of the molecule is COCCN1C(=O)C(c2ccc(C)cc2)=C(N(C)c2ccccc2)C1=O. The van der Waals surface area contributed by atoms with E-state index < -0.39 is 0 Å². The van der Waals surface area contributed by atoms with E-state index in [-0.39, 0.29) is 18.4 Å². The molecular weight excluding hydrogens is 328 g/mol. The van der Waals surface area contributed by atoms with E-state index >= 15 is 0 Å². The second-order valence-electron chi connectivity index (χ2n) is 6.24. The van der Waals surface area contributed by atoms with Crippen LogP contribution in [0.4, 0.5) is 5.69 Å². The molecule has 0 aliphatic carbocycles. The van der Waals surface area contributed by atoms with E-state index in [1.54, 1.807) is 12.0 Å². The van der Waals surface area contributed by atoms with Crippen LogP contribution in [-0.4, -0.2) is 44.0 Å². The van der Waals surface area contributed by atoms with Crippen LogP contribution < -0.4 is 4.90 Å². The van der Waals surface area contributed by atoms with E-state index in [4.69, 9.17) is 4.74 Å². The predicted octanol–water partition coefficient (Wildman–Crippen LogP) is 2.86. The Morgan fingerprint density at radius 2 is 1.62 bits per heavy atom. The molecule has 0 N–H and O–H groups in total. The van der Waals surface area contributed by atoms with Crippen molar-refractivity contribution in [2.45, 2.75) is 6.92 Å². The molecule has 0 fully saturated rings. The first kappa shape index (κ1) is 17.9. The Hall–Kier alpha value is -2.92. The minimum absolute atomic E-state index is 0.232. The number of imide groups is 1. The normalized spacial score (nSPS) is 14.3. The zero-order valence-electron chi connectivity index (χ0n) is 15.2. The second-order valence-corrected chi connectivity index (χ2v) is 6.24. The lowest BCUT2D eigenvalue weighted by atomic mass is 10.0. The third kappa shape index (κ3) is 3.26. The van der Waals surface area contributed by atoms with Gasteiger partial charge >= 0.3 is 0 Å². The number of nitrogens with zero attached hydrogens (tertiary/aromatic N) is 2. The van der Waals surface area contributed by atoms with E-state index in [0.717, 1.165) is 16.8 Å². The number of benzene rings is 2. The number of para-hydroxylation sites is 1. The van der Waals surface area contributed by atoms with Gasteiger partial charge in [-0.25, -0.2) is 0 Å². The minimum Gasteiger partial charge on any atom is -0.383 e. The van der Waals surface area contributed by atoms with E-state index in [9.17, 15) is 9.59 Å². The van der Waals surface area contributed by atoms with Crippen molar-refractivity contribution in [3.05, 3.63) is 71.4 Å². The first-order valence-electron chi connectivity index (χ1n) is 8.50. The van der Waals surface area contributed by atoms with E-state index in [2.05, 4.69) is 0 Å². The van der Waals surface area contributed by atoms with Gasteiger partial charge in [-0.3, -0.25) is 14.5 Å². The number of methoxy groups -OCH3 is 1. The van der Waals surface area contributed by atoms with Crippen LogP contribution in [0, 0.1) is 6.92 Å². The van der Waals surface area contributed by atoms with Crippen molar-refractivity contribution in [3.8, 4) is 0 Å². The molecule has 0 saturated carbocycles. The molecule has 1 aliphatic rings. The third-order valence-corrected chi connectivity index (χ3v) is 4.48. The standard InChI is InChI=1S/C21H22N2O3/c1-15-9-11-16(12-10-15)18-19(22(2)17-7-5-4-6-8-17)21(25)23(20(18)24)13-14-26-3/h4-12H,13-14H2,1-3H3. The number of anilines is 1. The van der Waals surface area contributed by atoms with Gasteiger partial charge in [0.05, 0.1) is 18.7 Å². The zero-order chi connectivity index (χ0) is 18.7. The number of ether oxygens (including phenoxy) is 1. The molecule has 2 aromatic rings. The fraction of sp³-hybridized carbons (Fsp3) is 0.238. The summed E-state index contributed by atoms with van der Waals surface area (Å²) < 4.78 is 5.06. The fourth-order valence-electron chi connectivity index (χ4n) is 3.02. The molecule has 26 heavy (non-hydrogen) atoms. The lowest BCUT2D eigenvalue weighted by Crippen LogP contribution is -2.36. The number of hydrogen-bond donors (Lipinski definition) is 0. The van der Waals surface area contributed by atoms with E-state index in [1.165, 1.54) is 4.90 Å². The molecule has 0 bridgehead atoms. The molecule has 5 heteroatoms. The molecule has 134 valence electrons. The first-order valence-corrected chi connectivity index (χ1v) is 8.50. The van der Waals surface area contributed by atoms with E-state index in [0.29, 0.717) is 17.9 Å². The Labute approximate surface area is 153 Å². The summed E-state index contributed by atoms with van der Waals surface area (Å²) in [7, 11) is 3.36. The molecule has 0 unspecified atom stereocenters. The highest BCUT2D eigenvalue weighted by Gasteiger charge is 2.40. The molecule has 0 radical (unpaired) electrons. The van der Waals surface area contributed by atoms with Gasteiger partial charge in [0, 0.05) is 19.8 Å². The molecule has 1 heterocycles. The van der Waals surface area contributed by atoms with Crippen LogP contribution in [0.25, 0.3) is 5.57 Å². The second kappa shape index (κ2) is 7.54. The van der Waals surface area contributed by atoms with Gasteiger partial charge in [-0.05, 0) is 24.6 Å². The number of rotatable bonds is 6. The maximum Gasteiger partial charge on any atom is 0.278 e. The number of likely N-dealkylation sites (N-methyl/N-ethyl adjacent to an activating group) is 1. The molecule has 5 nitrogen and oxygen atoms in total. The number of amides is 2. The van der Waals surface area contributed by atoms with Crippen LogP contribution in [-0.2, 0) is 14.3 Å². The molecule has 0 aromatic heterocycles. The number of aryl methyl sites for hydroxylation is 1. The van der Waals surface area contributed by atoms with Crippen LogP contribution in [0.3, 0.4) is 0 Å². The average molecular weight is 350 g/mol. The molecule has 0 spiro atoms. The van der Waals surface area contributed by atoms with Crippen LogP contribution >= 0.6 is 0 Å². The molecule has 3 rings (SSSR count). The summed E-state index contributed by atoms with van der Waals surface area (Å²) in [6, 6.07) is 17.2. The molecule has 2 aromatic carbocycles. The molecule has 0 saturated heterocycles. The van der Waals surface area contributed by atoms with Crippen molar-refractivity contribution >= 4 is 23.1 Å². The highest BCUT2D eigenvalue weighted by Crippen LogP contribution is 2.33. The summed E-state index contributed by atoms with van der Waals surface area (Å²) in [4.78, 5) is 29.1. The molecular formula is C21H22N2O3. The number of hydrogen-bond acceptors (Lipinski definition) is 4. The summed E-state index contributed by atoms with van der Waals surface area (Å²) in [5, 5.41) is 0. The Bertz CT molecular complexity index is 841. The van der Waals surface area contributed by atoms with Crippen molar-refractivity contribution < 1.29 is 14.3 Å². The third-order valence-electron chi connectivity index (χ3n) is 4.48. The Balaban J connectivity index is 2.10. The highest BCUT2D eigenvalue weighted by molar-refractivity contribution is 6.36. The maximum absolute atomic E-state index is 13.0. The highest BCUT2D eigenvalue weighted by atomic mass is 16.5. The van der Waals surface area contributed by atoms with Crippen LogP contribution in [0.15, 0.2) is 60.3 Å². The maximum atomic E-state index is 13.0. The summed E-state index contributed by atoms with van der Waals surface area (Å²) >= 11 is 0. The van der Waals surface area contributed by atoms with Gasteiger partial charge in [-0.1, -0.05) is 48.0 Å². The van der Waals surface area contributed by atoms with Gasteiger partial charge in [0.15, 0.2) is 0 Å². The monoisotopic (exact) mass is 350 g/mol. The lowest BCUT2D eigenvalue weighted by Gasteiger charge is -2.21. The van der Waals surface area contributed by atoms with Gasteiger partial charge in [0.2, 0.25) is 0 Å².